The Balaban J connectivity index is 1.50. The summed E-state index contributed by atoms with van der Waals surface area (Å²) in [4.78, 5) is 17.4. The highest BCUT2D eigenvalue weighted by molar-refractivity contribution is 6.00. The molecule has 1 amide bonds. The average Bonchev–Trinajstić information content (AvgIpc) is 3.42. The molecule has 2 aromatic heterocycles. The Morgan fingerprint density at radius 3 is 2.47 bits per heavy atom. The number of aryl methyl sites for hydroxylation is 1. The van der Waals surface area contributed by atoms with E-state index < -0.39 is 17.9 Å². The van der Waals surface area contributed by atoms with Gasteiger partial charge in [-0.05, 0) is 24.6 Å². The number of carbonyl (C=O) groups excluding carboxylic acids is 1. The van der Waals surface area contributed by atoms with Crippen molar-refractivity contribution >= 4 is 16.9 Å². The van der Waals surface area contributed by atoms with Crippen LogP contribution in [-0.4, -0.2) is 51.8 Å². The zero-order chi connectivity index (χ0) is 24.0. The zero-order valence-corrected chi connectivity index (χ0v) is 18.9. The largest absolute Gasteiger partial charge is 0.496 e. The van der Waals surface area contributed by atoms with Crippen LogP contribution >= 0.6 is 0 Å². The Morgan fingerprint density at radius 1 is 1.18 bits per heavy atom. The van der Waals surface area contributed by atoms with E-state index in [1.54, 1.807) is 18.5 Å². The van der Waals surface area contributed by atoms with E-state index in [2.05, 4.69) is 20.5 Å². The molecular formula is C24H23F2N5O3. The summed E-state index contributed by atoms with van der Waals surface area (Å²) < 4.78 is 39.2. The lowest BCUT2D eigenvalue weighted by Gasteiger charge is -2.35. The van der Waals surface area contributed by atoms with E-state index in [1.165, 1.54) is 14.2 Å². The minimum absolute atomic E-state index is 0.158. The van der Waals surface area contributed by atoms with Gasteiger partial charge in [0.2, 0.25) is 0 Å². The van der Waals surface area contributed by atoms with Crippen molar-refractivity contribution in [2.75, 3.05) is 14.2 Å². The van der Waals surface area contributed by atoms with Crippen LogP contribution in [0.2, 0.25) is 0 Å². The molecule has 176 valence electrons. The summed E-state index contributed by atoms with van der Waals surface area (Å²) in [5.74, 6) is -2.71. The van der Waals surface area contributed by atoms with Crippen molar-refractivity contribution in [1.29, 1.82) is 0 Å². The number of hydrogen-bond acceptors (Lipinski definition) is 5. The normalized spacial score (nSPS) is 15.2. The smallest absolute Gasteiger partial charge is 0.259 e. The number of rotatable bonds is 6. The third kappa shape index (κ3) is 3.74. The number of aromatic nitrogens is 4. The lowest BCUT2D eigenvalue weighted by Crippen LogP contribution is -2.50. The number of carbonyl (C=O) groups is 1. The van der Waals surface area contributed by atoms with Crippen LogP contribution in [0.15, 0.2) is 42.9 Å². The molecule has 5 rings (SSSR count). The van der Waals surface area contributed by atoms with Crippen molar-refractivity contribution in [3.8, 4) is 28.3 Å². The maximum absolute atomic E-state index is 13.2. The fourth-order valence-electron chi connectivity index (χ4n) is 4.32. The van der Waals surface area contributed by atoms with Crippen LogP contribution in [0.3, 0.4) is 0 Å². The van der Waals surface area contributed by atoms with Gasteiger partial charge in [-0.25, -0.2) is 13.8 Å². The van der Waals surface area contributed by atoms with Gasteiger partial charge >= 0.3 is 0 Å². The van der Waals surface area contributed by atoms with Crippen molar-refractivity contribution in [1.82, 2.24) is 25.1 Å². The number of hydrogen-bond donors (Lipinski definition) is 2. The number of alkyl halides is 2. The monoisotopic (exact) mass is 467 g/mol. The number of ether oxygens (including phenoxy) is 2. The van der Waals surface area contributed by atoms with Crippen LogP contribution in [0.25, 0.3) is 27.8 Å². The van der Waals surface area contributed by atoms with Crippen LogP contribution in [0.4, 0.5) is 8.78 Å². The van der Waals surface area contributed by atoms with Crippen LogP contribution in [-0.2, 0) is 0 Å². The fourth-order valence-corrected chi connectivity index (χ4v) is 4.32. The summed E-state index contributed by atoms with van der Waals surface area (Å²) >= 11 is 0. The number of H-pyrrole nitrogens is 1. The molecule has 2 N–H and O–H groups in total. The molecule has 1 aliphatic carbocycles. The number of halogens is 2. The van der Waals surface area contributed by atoms with Gasteiger partial charge in [-0.1, -0.05) is 6.07 Å². The van der Waals surface area contributed by atoms with Crippen LogP contribution in [0.1, 0.15) is 28.9 Å². The Kier molecular flexibility index (Phi) is 5.22. The molecule has 0 spiro atoms. The molecule has 8 nitrogen and oxygen atoms in total. The maximum atomic E-state index is 13.2. The van der Waals surface area contributed by atoms with E-state index in [1.807, 2.05) is 35.9 Å². The number of nitrogens with zero attached hydrogens (tertiary/aromatic N) is 3. The number of nitrogens with one attached hydrogen (secondary N) is 2. The van der Waals surface area contributed by atoms with E-state index in [0.29, 0.717) is 5.69 Å². The number of fused-ring (bicyclic) bond motifs is 1. The Morgan fingerprint density at radius 2 is 1.88 bits per heavy atom. The molecule has 0 saturated heterocycles. The lowest BCUT2D eigenvalue weighted by molar-refractivity contribution is -0.0901. The molecular weight excluding hydrogens is 444 g/mol. The fraction of sp³-hybridized carbons (Fsp3) is 0.292. The number of methoxy groups -OCH3 is 2. The molecule has 0 aliphatic heterocycles. The van der Waals surface area contributed by atoms with Gasteiger partial charge in [-0.2, -0.15) is 5.10 Å². The molecule has 0 radical (unpaired) electrons. The number of amides is 1. The topological polar surface area (TPSA) is 94.1 Å². The van der Waals surface area contributed by atoms with Gasteiger partial charge in [0, 0.05) is 42.8 Å². The van der Waals surface area contributed by atoms with E-state index in [-0.39, 0.29) is 29.9 Å². The van der Waals surface area contributed by atoms with Gasteiger partial charge in [0.1, 0.15) is 23.4 Å². The van der Waals surface area contributed by atoms with Crippen LogP contribution in [0, 0.1) is 6.92 Å². The standard InChI is InChI=1S/C24H23F2N5O3/c1-13-17(11-28-30-13)14-4-5-19-18(6-14)27-12-31(19)16-7-20(33-2)22(21(8-16)34-3)23(32)29-15-9-24(25,26)10-15/h4-8,11-12,15H,9-10H2,1-3H3,(H,28,30)(H,29,32). The van der Waals surface area contributed by atoms with Gasteiger partial charge in [-0.3, -0.25) is 14.5 Å². The first-order chi connectivity index (χ1) is 16.3. The highest BCUT2D eigenvalue weighted by Gasteiger charge is 2.46. The molecule has 2 heterocycles. The number of imidazole rings is 1. The molecule has 34 heavy (non-hydrogen) atoms. The van der Waals surface area contributed by atoms with Gasteiger partial charge in [0.25, 0.3) is 11.8 Å². The van der Waals surface area contributed by atoms with Crippen molar-refractivity contribution in [3.05, 3.63) is 54.1 Å². The molecule has 1 fully saturated rings. The first-order valence-corrected chi connectivity index (χ1v) is 10.7. The zero-order valence-electron chi connectivity index (χ0n) is 18.9. The van der Waals surface area contributed by atoms with E-state index >= 15 is 0 Å². The lowest BCUT2D eigenvalue weighted by atomic mass is 9.88. The number of benzene rings is 2. The van der Waals surface area contributed by atoms with Gasteiger partial charge in [0.05, 0.1) is 36.6 Å². The summed E-state index contributed by atoms with van der Waals surface area (Å²) in [5, 5.41) is 9.68. The molecule has 2 aromatic carbocycles. The molecule has 1 aliphatic rings. The summed E-state index contributed by atoms with van der Waals surface area (Å²) in [6.07, 6.45) is 2.78. The average molecular weight is 467 g/mol. The highest BCUT2D eigenvalue weighted by Crippen LogP contribution is 2.39. The van der Waals surface area contributed by atoms with E-state index in [9.17, 15) is 13.6 Å². The third-order valence-corrected chi connectivity index (χ3v) is 6.11. The van der Waals surface area contributed by atoms with E-state index in [4.69, 9.17) is 9.47 Å². The van der Waals surface area contributed by atoms with Crippen LogP contribution < -0.4 is 14.8 Å². The third-order valence-electron chi connectivity index (χ3n) is 6.11. The first kappa shape index (κ1) is 21.9. The summed E-state index contributed by atoms with van der Waals surface area (Å²) in [7, 11) is 2.89. The van der Waals surface area contributed by atoms with Gasteiger partial charge < -0.3 is 14.8 Å². The molecule has 10 heteroatoms. The van der Waals surface area contributed by atoms with Crippen LogP contribution in [0.5, 0.6) is 11.5 Å². The summed E-state index contributed by atoms with van der Waals surface area (Å²) in [6.45, 7) is 1.93. The van der Waals surface area contributed by atoms with Gasteiger partial charge in [-0.15, -0.1) is 0 Å². The van der Waals surface area contributed by atoms with Crippen molar-refractivity contribution in [3.63, 3.8) is 0 Å². The molecule has 0 atom stereocenters. The minimum atomic E-state index is -2.73. The molecule has 0 bridgehead atoms. The second-order valence-corrected chi connectivity index (χ2v) is 8.36. The quantitative estimate of drug-likeness (QED) is 0.442. The first-order valence-electron chi connectivity index (χ1n) is 10.7. The Labute approximate surface area is 193 Å². The molecule has 0 unspecified atom stereocenters. The highest BCUT2D eigenvalue weighted by atomic mass is 19.3. The number of aromatic amines is 1. The Hall–Kier alpha value is -3.95. The predicted molar refractivity (Wildman–Crippen MR) is 122 cm³/mol. The minimum Gasteiger partial charge on any atom is -0.496 e. The molecule has 4 aromatic rings. The van der Waals surface area contributed by atoms with Crippen molar-refractivity contribution in [2.24, 2.45) is 0 Å². The summed E-state index contributed by atoms with van der Waals surface area (Å²) in [6, 6.07) is 8.74. The maximum Gasteiger partial charge on any atom is 0.259 e. The second kappa shape index (κ2) is 8.12. The Bertz CT molecular complexity index is 1360. The van der Waals surface area contributed by atoms with E-state index in [0.717, 1.165) is 27.9 Å². The summed E-state index contributed by atoms with van der Waals surface area (Å²) in [5.41, 5.74) is 5.35. The van der Waals surface area contributed by atoms with Crippen molar-refractivity contribution < 1.29 is 23.0 Å². The van der Waals surface area contributed by atoms with Crippen molar-refractivity contribution in [2.45, 2.75) is 31.7 Å². The second-order valence-electron chi connectivity index (χ2n) is 8.36. The molecule has 1 saturated carbocycles. The van der Waals surface area contributed by atoms with Gasteiger partial charge in [0.15, 0.2) is 0 Å². The SMILES string of the molecule is COc1cc(-n2cnc3cc(-c4c[nH]nc4C)ccc32)cc(OC)c1C(=O)NC1CC(F)(F)C1. The predicted octanol–water partition coefficient (Wildman–Crippen LogP) is 4.27.